The van der Waals surface area contributed by atoms with Gasteiger partial charge in [0, 0.05) is 10.9 Å². The molecule has 0 fully saturated rings. The maximum Gasteiger partial charge on any atom is 0.417 e. The number of hydrogen-bond donors (Lipinski definition) is 1. The summed E-state index contributed by atoms with van der Waals surface area (Å²) >= 11 is 1.06. The van der Waals surface area contributed by atoms with Gasteiger partial charge < -0.3 is 5.73 Å². The highest BCUT2D eigenvalue weighted by atomic mass is 32.1. The molecule has 13 heavy (non-hydrogen) atoms. The quantitative estimate of drug-likeness (QED) is 0.795. The summed E-state index contributed by atoms with van der Waals surface area (Å²) in [5.74, 6) is 0. The van der Waals surface area contributed by atoms with Crippen molar-refractivity contribution in [1.82, 2.24) is 0 Å². The van der Waals surface area contributed by atoms with Crippen molar-refractivity contribution in [3.63, 3.8) is 0 Å². The van der Waals surface area contributed by atoms with Crippen molar-refractivity contribution in [2.45, 2.75) is 25.6 Å². The molecule has 0 aromatic carbocycles. The van der Waals surface area contributed by atoms with Crippen molar-refractivity contribution in [3.8, 4) is 0 Å². The maximum atomic E-state index is 12.3. The zero-order valence-electron chi connectivity index (χ0n) is 7.06. The molecule has 0 aliphatic heterocycles. The van der Waals surface area contributed by atoms with Crippen LogP contribution >= 0.6 is 11.3 Å². The molecule has 0 saturated heterocycles. The highest BCUT2D eigenvalue weighted by Gasteiger charge is 2.35. The van der Waals surface area contributed by atoms with Crippen molar-refractivity contribution < 1.29 is 13.2 Å². The smallest absolute Gasteiger partial charge is 0.323 e. The van der Waals surface area contributed by atoms with Gasteiger partial charge in [0.2, 0.25) is 0 Å². The molecule has 1 atom stereocenters. The van der Waals surface area contributed by atoms with Crippen molar-refractivity contribution in [3.05, 3.63) is 21.9 Å². The lowest BCUT2D eigenvalue weighted by Gasteiger charge is -2.11. The number of alkyl halides is 3. The van der Waals surface area contributed by atoms with E-state index in [-0.39, 0.29) is 4.88 Å². The predicted octanol–water partition coefficient (Wildman–Crippen LogP) is 3.18. The minimum atomic E-state index is -4.28. The molecule has 0 amide bonds. The van der Waals surface area contributed by atoms with E-state index >= 15 is 0 Å². The Morgan fingerprint density at radius 1 is 1.54 bits per heavy atom. The standard InChI is InChI=1S/C8H10F3NS/c1-2-6(12)7-5(3-4-13-7)8(9,10)11/h3-4,6H,2,12H2,1H3. The molecule has 0 saturated carbocycles. The molecular weight excluding hydrogens is 199 g/mol. The van der Waals surface area contributed by atoms with Gasteiger partial charge in [0.1, 0.15) is 0 Å². The van der Waals surface area contributed by atoms with Crippen LogP contribution in [-0.4, -0.2) is 0 Å². The van der Waals surface area contributed by atoms with Crippen molar-refractivity contribution in [2.75, 3.05) is 0 Å². The number of rotatable bonds is 2. The molecule has 0 aliphatic rings. The Morgan fingerprint density at radius 2 is 2.15 bits per heavy atom. The third-order valence-corrected chi connectivity index (χ3v) is 2.83. The first kappa shape index (κ1) is 10.5. The second kappa shape index (κ2) is 3.67. The summed E-state index contributed by atoms with van der Waals surface area (Å²) in [5.41, 5.74) is 4.96. The van der Waals surface area contributed by atoms with Gasteiger partial charge in [-0.15, -0.1) is 11.3 Å². The van der Waals surface area contributed by atoms with E-state index in [1.54, 1.807) is 6.92 Å². The molecule has 0 aliphatic carbocycles. The lowest BCUT2D eigenvalue weighted by Crippen LogP contribution is -2.14. The third kappa shape index (κ3) is 2.22. The van der Waals surface area contributed by atoms with Crippen LogP contribution < -0.4 is 5.73 Å². The third-order valence-electron chi connectivity index (χ3n) is 1.78. The number of hydrogen-bond acceptors (Lipinski definition) is 2. The Morgan fingerprint density at radius 3 is 2.62 bits per heavy atom. The Kier molecular flexibility index (Phi) is 2.98. The highest BCUT2D eigenvalue weighted by Crippen LogP contribution is 2.37. The Balaban J connectivity index is 3.03. The monoisotopic (exact) mass is 209 g/mol. The van der Waals surface area contributed by atoms with Crippen LogP contribution in [0.3, 0.4) is 0 Å². The van der Waals surface area contributed by atoms with E-state index in [1.165, 1.54) is 5.38 Å². The molecule has 1 aromatic rings. The van der Waals surface area contributed by atoms with Gasteiger partial charge in [0.25, 0.3) is 0 Å². The van der Waals surface area contributed by atoms with E-state index in [2.05, 4.69) is 0 Å². The fraction of sp³-hybridized carbons (Fsp3) is 0.500. The Hall–Kier alpha value is -0.550. The van der Waals surface area contributed by atoms with Crippen LogP contribution in [0.2, 0.25) is 0 Å². The van der Waals surface area contributed by atoms with E-state index in [4.69, 9.17) is 5.73 Å². The highest BCUT2D eigenvalue weighted by molar-refractivity contribution is 7.10. The lowest BCUT2D eigenvalue weighted by atomic mass is 10.1. The second-order valence-corrected chi connectivity index (χ2v) is 3.66. The van der Waals surface area contributed by atoms with Gasteiger partial charge in [-0.05, 0) is 17.9 Å². The fourth-order valence-corrected chi connectivity index (χ4v) is 2.03. The number of halogens is 3. The molecule has 1 unspecified atom stereocenters. The molecule has 5 heteroatoms. The normalized spacial score (nSPS) is 14.5. The van der Waals surface area contributed by atoms with Crippen LogP contribution in [0.25, 0.3) is 0 Å². The van der Waals surface area contributed by atoms with Gasteiger partial charge in [-0.3, -0.25) is 0 Å². The zero-order valence-corrected chi connectivity index (χ0v) is 7.88. The average molecular weight is 209 g/mol. The number of nitrogens with two attached hydrogens (primary N) is 1. The first-order chi connectivity index (χ1) is 5.96. The summed E-state index contributed by atoms with van der Waals surface area (Å²) in [6, 6.07) is 0.576. The Bertz CT molecular complexity index is 279. The van der Waals surface area contributed by atoms with Gasteiger partial charge >= 0.3 is 6.18 Å². The molecule has 0 spiro atoms. The van der Waals surface area contributed by atoms with E-state index < -0.39 is 17.8 Å². The van der Waals surface area contributed by atoms with Gasteiger partial charge in [-0.25, -0.2) is 0 Å². The van der Waals surface area contributed by atoms with Crippen LogP contribution in [0.4, 0.5) is 13.2 Å². The molecular formula is C8H10F3NS. The largest absolute Gasteiger partial charge is 0.417 e. The first-order valence-electron chi connectivity index (χ1n) is 3.87. The molecule has 0 radical (unpaired) electrons. The van der Waals surface area contributed by atoms with Gasteiger partial charge in [0.15, 0.2) is 0 Å². The molecule has 1 rings (SSSR count). The predicted molar refractivity (Wildman–Crippen MR) is 46.5 cm³/mol. The number of thiophene rings is 1. The van der Waals surface area contributed by atoms with Crippen LogP contribution in [0.15, 0.2) is 11.4 Å². The fourth-order valence-electron chi connectivity index (χ4n) is 1.03. The first-order valence-corrected chi connectivity index (χ1v) is 4.75. The topological polar surface area (TPSA) is 26.0 Å². The average Bonchev–Trinajstić information content (AvgIpc) is 2.49. The van der Waals surface area contributed by atoms with Crippen molar-refractivity contribution >= 4 is 11.3 Å². The van der Waals surface area contributed by atoms with E-state index in [9.17, 15) is 13.2 Å². The second-order valence-electron chi connectivity index (χ2n) is 2.71. The molecule has 0 bridgehead atoms. The van der Waals surface area contributed by atoms with Gasteiger partial charge in [0.05, 0.1) is 5.56 Å². The van der Waals surface area contributed by atoms with E-state index in [0.29, 0.717) is 6.42 Å². The minimum absolute atomic E-state index is 0.231. The van der Waals surface area contributed by atoms with Crippen LogP contribution in [0.1, 0.15) is 29.8 Å². The van der Waals surface area contributed by atoms with Crippen LogP contribution in [0.5, 0.6) is 0 Å². The summed E-state index contributed by atoms with van der Waals surface area (Å²) in [6.07, 6.45) is -3.76. The maximum absolute atomic E-state index is 12.3. The molecule has 74 valence electrons. The van der Waals surface area contributed by atoms with E-state index in [0.717, 1.165) is 17.4 Å². The summed E-state index contributed by atoms with van der Waals surface area (Å²) < 4.78 is 37.0. The minimum Gasteiger partial charge on any atom is -0.323 e. The zero-order chi connectivity index (χ0) is 10.1. The summed E-state index contributed by atoms with van der Waals surface area (Å²) in [5, 5.41) is 1.42. The van der Waals surface area contributed by atoms with Crippen molar-refractivity contribution in [1.29, 1.82) is 0 Å². The summed E-state index contributed by atoms with van der Waals surface area (Å²) in [7, 11) is 0. The lowest BCUT2D eigenvalue weighted by molar-refractivity contribution is -0.138. The van der Waals surface area contributed by atoms with Gasteiger partial charge in [-0.2, -0.15) is 13.2 Å². The Labute approximate surface area is 78.4 Å². The molecule has 1 aromatic heterocycles. The van der Waals surface area contributed by atoms with Crippen LogP contribution in [0, 0.1) is 0 Å². The van der Waals surface area contributed by atoms with Crippen molar-refractivity contribution in [2.24, 2.45) is 5.73 Å². The molecule has 1 heterocycles. The van der Waals surface area contributed by atoms with Gasteiger partial charge in [-0.1, -0.05) is 6.92 Å². The van der Waals surface area contributed by atoms with Crippen LogP contribution in [-0.2, 0) is 6.18 Å². The summed E-state index contributed by atoms with van der Waals surface area (Å²) in [6.45, 7) is 1.77. The SMILES string of the molecule is CCC(N)c1sccc1C(F)(F)F. The van der Waals surface area contributed by atoms with E-state index in [1.807, 2.05) is 0 Å². The molecule has 2 N–H and O–H groups in total. The molecule has 1 nitrogen and oxygen atoms in total. The summed E-state index contributed by atoms with van der Waals surface area (Å²) in [4.78, 5) is 0.231.